The van der Waals surface area contributed by atoms with Crippen LogP contribution in [0.25, 0.3) is 10.9 Å². The van der Waals surface area contributed by atoms with Gasteiger partial charge in [-0.1, -0.05) is 12.1 Å². The lowest BCUT2D eigenvalue weighted by Crippen LogP contribution is -2.78. The van der Waals surface area contributed by atoms with Crippen LogP contribution in [0, 0.1) is 5.82 Å². The summed E-state index contributed by atoms with van der Waals surface area (Å²) in [6, 6.07) is 4.68. The molecule has 1 amide bonds. The van der Waals surface area contributed by atoms with Gasteiger partial charge in [0.1, 0.15) is 35.3 Å². The van der Waals surface area contributed by atoms with Crippen LogP contribution >= 0.6 is 0 Å². The fourth-order valence-electron chi connectivity index (χ4n) is 4.82. The van der Waals surface area contributed by atoms with E-state index in [4.69, 9.17) is 4.74 Å². The summed E-state index contributed by atoms with van der Waals surface area (Å²) in [5.41, 5.74) is 1.26. The number of fused-ring (bicyclic) bond motifs is 4. The van der Waals surface area contributed by atoms with Crippen molar-refractivity contribution in [2.75, 3.05) is 43.6 Å². The molecule has 0 saturated carbocycles. The zero-order valence-electron chi connectivity index (χ0n) is 16.5. The fraction of sp³-hybridized carbons (Fsp3) is 0.500. The zero-order chi connectivity index (χ0) is 19.8. The number of piperazine rings is 1. The van der Waals surface area contributed by atoms with E-state index in [9.17, 15) is 9.18 Å². The third-order valence-electron chi connectivity index (χ3n) is 6.64. The lowest BCUT2D eigenvalue weighted by atomic mass is 9.89. The van der Waals surface area contributed by atoms with E-state index in [1.807, 2.05) is 20.2 Å². The summed E-state index contributed by atoms with van der Waals surface area (Å²) in [6.45, 7) is 5.59. The number of para-hydroxylation sites is 1. The highest BCUT2D eigenvalue weighted by Gasteiger charge is 2.54. The van der Waals surface area contributed by atoms with Crippen LogP contribution in [0.2, 0.25) is 0 Å². The molecule has 148 valence electrons. The van der Waals surface area contributed by atoms with Crippen LogP contribution in [0.15, 0.2) is 18.2 Å². The monoisotopic (exact) mass is 385 g/mol. The minimum Gasteiger partial charge on any atom is -0.474 e. The Morgan fingerprint density at radius 3 is 2.89 bits per heavy atom. The number of nitrogens with one attached hydrogen (secondary N) is 1. The minimum absolute atomic E-state index is 0.0297. The number of hydrogen-bond acceptors (Lipinski definition) is 6. The van der Waals surface area contributed by atoms with E-state index >= 15 is 0 Å². The topological polar surface area (TPSA) is 60.9 Å². The number of amides is 1. The van der Waals surface area contributed by atoms with Crippen LogP contribution in [0.5, 0.6) is 5.88 Å². The standard InChI is InChI=1S/C20H24FN5O2/c1-11-20(2,24(3)4)26-14(10-22-11)19(27)25-8-9-28-18-17(25)16(26)12-6-5-7-13(21)15(12)23-18/h5-7,11,14,22H,8-10H2,1-4H3. The summed E-state index contributed by atoms with van der Waals surface area (Å²) >= 11 is 0. The van der Waals surface area contributed by atoms with Crippen molar-refractivity contribution in [3.63, 3.8) is 0 Å². The van der Waals surface area contributed by atoms with Crippen LogP contribution in [0.4, 0.5) is 15.8 Å². The Bertz CT molecular complexity index is 996. The normalized spacial score (nSPS) is 29.0. The number of likely N-dealkylation sites (N-methyl/N-ethyl adjacent to an activating group) is 1. The zero-order valence-corrected chi connectivity index (χ0v) is 16.5. The van der Waals surface area contributed by atoms with Gasteiger partial charge in [-0.15, -0.1) is 0 Å². The van der Waals surface area contributed by atoms with Gasteiger partial charge in [0, 0.05) is 18.0 Å². The van der Waals surface area contributed by atoms with E-state index in [1.54, 1.807) is 11.0 Å². The first-order chi connectivity index (χ1) is 13.4. The second-order valence-electron chi connectivity index (χ2n) is 8.09. The molecule has 0 bridgehead atoms. The SMILES string of the molecule is CC1NCC2C(=O)N3CCOc4nc5c(F)cccc5c(c43)N2C1(C)N(C)C. The molecule has 1 saturated heterocycles. The Hall–Kier alpha value is -2.45. The molecule has 0 spiro atoms. The first-order valence-electron chi connectivity index (χ1n) is 9.62. The summed E-state index contributed by atoms with van der Waals surface area (Å²) in [4.78, 5) is 23.9. The molecule has 1 N–H and O–H groups in total. The van der Waals surface area contributed by atoms with Gasteiger partial charge < -0.3 is 19.9 Å². The molecule has 7 nitrogen and oxygen atoms in total. The van der Waals surface area contributed by atoms with E-state index in [0.717, 1.165) is 5.69 Å². The largest absolute Gasteiger partial charge is 0.474 e. The number of anilines is 2. The molecule has 1 fully saturated rings. The van der Waals surface area contributed by atoms with Gasteiger partial charge in [0.05, 0.1) is 12.2 Å². The highest BCUT2D eigenvalue weighted by Crippen LogP contribution is 2.51. The van der Waals surface area contributed by atoms with Gasteiger partial charge >= 0.3 is 0 Å². The number of ether oxygens (including phenoxy) is 1. The molecular formula is C20H24FN5O2. The number of hydrogen-bond donors (Lipinski definition) is 1. The van der Waals surface area contributed by atoms with Gasteiger partial charge in [-0.3, -0.25) is 9.69 Å². The molecule has 2 aromatic rings. The van der Waals surface area contributed by atoms with Crippen molar-refractivity contribution in [2.45, 2.75) is 31.6 Å². The highest BCUT2D eigenvalue weighted by atomic mass is 19.1. The number of pyridine rings is 1. The van der Waals surface area contributed by atoms with Crippen LogP contribution in [0.3, 0.4) is 0 Å². The molecule has 5 rings (SSSR count). The van der Waals surface area contributed by atoms with Crippen molar-refractivity contribution >= 4 is 28.2 Å². The first-order valence-corrected chi connectivity index (χ1v) is 9.62. The lowest BCUT2D eigenvalue weighted by Gasteiger charge is -2.60. The van der Waals surface area contributed by atoms with Gasteiger partial charge in [0.15, 0.2) is 0 Å². The van der Waals surface area contributed by atoms with E-state index in [2.05, 4.69) is 33.9 Å². The van der Waals surface area contributed by atoms with Gasteiger partial charge in [0.2, 0.25) is 5.88 Å². The predicted molar refractivity (Wildman–Crippen MR) is 105 cm³/mol. The number of aromatic nitrogens is 1. The summed E-state index contributed by atoms with van der Waals surface area (Å²) in [7, 11) is 4.01. The molecular weight excluding hydrogens is 361 g/mol. The van der Waals surface area contributed by atoms with Crippen LogP contribution in [-0.4, -0.2) is 67.3 Å². The van der Waals surface area contributed by atoms with Gasteiger partial charge in [-0.25, -0.2) is 9.37 Å². The van der Waals surface area contributed by atoms with Crippen molar-refractivity contribution in [2.24, 2.45) is 0 Å². The maximum atomic E-state index is 14.7. The Balaban J connectivity index is 1.90. The Morgan fingerprint density at radius 2 is 2.14 bits per heavy atom. The van der Waals surface area contributed by atoms with E-state index in [0.29, 0.717) is 36.6 Å². The molecule has 0 aliphatic carbocycles. The molecule has 28 heavy (non-hydrogen) atoms. The van der Waals surface area contributed by atoms with Crippen LogP contribution in [0.1, 0.15) is 13.8 Å². The van der Waals surface area contributed by atoms with E-state index in [1.165, 1.54) is 6.07 Å². The van der Waals surface area contributed by atoms with Gasteiger partial charge in [0.25, 0.3) is 5.91 Å². The molecule has 8 heteroatoms. The molecule has 4 heterocycles. The third kappa shape index (κ3) is 2.04. The summed E-state index contributed by atoms with van der Waals surface area (Å²) < 4.78 is 20.5. The number of benzene rings is 1. The fourth-order valence-corrected chi connectivity index (χ4v) is 4.82. The van der Waals surface area contributed by atoms with Crippen LogP contribution < -0.4 is 19.9 Å². The third-order valence-corrected chi connectivity index (χ3v) is 6.64. The molecule has 3 aliphatic rings. The molecule has 1 aromatic heterocycles. The summed E-state index contributed by atoms with van der Waals surface area (Å²) in [5.74, 6) is -0.0273. The van der Waals surface area contributed by atoms with Crippen molar-refractivity contribution < 1.29 is 13.9 Å². The Labute approximate surface area is 163 Å². The second kappa shape index (κ2) is 5.78. The van der Waals surface area contributed by atoms with Crippen molar-refractivity contribution in [3.05, 3.63) is 24.0 Å². The maximum Gasteiger partial charge on any atom is 0.251 e. The number of nitrogens with zero attached hydrogens (tertiary/aromatic N) is 4. The number of carbonyl (C=O) groups is 1. The van der Waals surface area contributed by atoms with Crippen LogP contribution in [-0.2, 0) is 4.79 Å². The Morgan fingerprint density at radius 1 is 1.36 bits per heavy atom. The predicted octanol–water partition coefficient (Wildman–Crippen LogP) is 1.56. The molecule has 3 aliphatic heterocycles. The molecule has 3 unspecified atom stereocenters. The quantitative estimate of drug-likeness (QED) is 0.804. The second-order valence-corrected chi connectivity index (χ2v) is 8.09. The van der Waals surface area contributed by atoms with Crippen molar-refractivity contribution in [1.82, 2.24) is 15.2 Å². The molecule has 1 aromatic carbocycles. The average molecular weight is 385 g/mol. The van der Waals surface area contributed by atoms with Crippen molar-refractivity contribution in [3.8, 4) is 5.88 Å². The lowest BCUT2D eigenvalue weighted by molar-refractivity contribution is -0.122. The van der Waals surface area contributed by atoms with E-state index < -0.39 is 5.66 Å². The maximum absolute atomic E-state index is 14.7. The molecule has 0 radical (unpaired) electrons. The first kappa shape index (κ1) is 17.6. The number of carbonyl (C=O) groups excluding carboxylic acids is 1. The van der Waals surface area contributed by atoms with Gasteiger partial charge in [-0.2, -0.15) is 0 Å². The summed E-state index contributed by atoms with van der Waals surface area (Å²) in [5, 5.41) is 4.20. The van der Waals surface area contributed by atoms with E-state index in [-0.39, 0.29) is 29.3 Å². The van der Waals surface area contributed by atoms with Crippen molar-refractivity contribution in [1.29, 1.82) is 0 Å². The average Bonchev–Trinajstić information content (AvgIpc) is 2.67. The van der Waals surface area contributed by atoms with Gasteiger partial charge in [-0.05, 0) is 34.0 Å². The molecule has 3 atom stereocenters. The highest BCUT2D eigenvalue weighted by molar-refractivity contribution is 6.14. The number of halogens is 1. The summed E-state index contributed by atoms with van der Waals surface area (Å²) in [6.07, 6.45) is 0. The Kier molecular flexibility index (Phi) is 3.64. The minimum atomic E-state index is -0.503. The number of rotatable bonds is 1. The smallest absolute Gasteiger partial charge is 0.251 e.